The van der Waals surface area contributed by atoms with Crippen LogP contribution < -0.4 is 0 Å². The molecule has 0 saturated carbocycles. The molecule has 0 atom stereocenters. The number of aromatic nitrogens is 2. The van der Waals surface area contributed by atoms with Crippen LogP contribution in [0, 0.1) is 13.8 Å². The van der Waals surface area contributed by atoms with E-state index in [2.05, 4.69) is 35.9 Å². The molecular formula is C13H11ClN2S. The Balaban J connectivity index is 2.27. The summed E-state index contributed by atoms with van der Waals surface area (Å²) in [4.78, 5) is 8.96. The van der Waals surface area contributed by atoms with Gasteiger partial charge in [-0.1, -0.05) is 17.7 Å². The molecule has 2 heterocycles. The monoisotopic (exact) mass is 262 g/mol. The molecule has 0 unspecified atom stereocenters. The SMILES string of the molecule is Cc1cc(C)c2nc(-c3sccc3Cl)[nH]c2c1. The second kappa shape index (κ2) is 3.86. The Bertz CT molecular complexity index is 697. The normalized spacial score (nSPS) is 11.2. The van der Waals surface area contributed by atoms with E-state index in [1.165, 1.54) is 11.1 Å². The van der Waals surface area contributed by atoms with Crippen LogP contribution in [0.25, 0.3) is 21.7 Å². The van der Waals surface area contributed by atoms with E-state index in [-0.39, 0.29) is 0 Å². The minimum absolute atomic E-state index is 0.753. The summed E-state index contributed by atoms with van der Waals surface area (Å²) in [6.45, 7) is 4.17. The predicted molar refractivity (Wildman–Crippen MR) is 73.9 cm³/mol. The molecule has 3 rings (SSSR count). The van der Waals surface area contributed by atoms with Gasteiger partial charge in [-0.15, -0.1) is 11.3 Å². The third-order valence-corrected chi connectivity index (χ3v) is 4.10. The number of nitrogens with one attached hydrogen (secondary N) is 1. The van der Waals surface area contributed by atoms with Gasteiger partial charge < -0.3 is 4.98 Å². The Morgan fingerprint density at radius 2 is 2.12 bits per heavy atom. The zero-order chi connectivity index (χ0) is 12.0. The van der Waals surface area contributed by atoms with Crippen molar-refractivity contribution >= 4 is 34.0 Å². The van der Waals surface area contributed by atoms with Crippen molar-refractivity contribution < 1.29 is 0 Å². The van der Waals surface area contributed by atoms with E-state index in [9.17, 15) is 0 Å². The number of thiophene rings is 1. The van der Waals surface area contributed by atoms with Crippen molar-refractivity contribution in [2.75, 3.05) is 0 Å². The van der Waals surface area contributed by atoms with Gasteiger partial charge >= 0.3 is 0 Å². The van der Waals surface area contributed by atoms with Gasteiger partial charge in [-0.05, 0) is 42.5 Å². The van der Waals surface area contributed by atoms with Crippen molar-refractivity contribution in [3.05, 3.63) is 39.7 Å². The number of H-pyrrole nitrogens is 1. The lowest BCUT2D eigenvalue weighted by Crippen LogP contribution is -1.79. The Morgan fingerprint density at radius 3 is 2.82 bits per heavy atom. The molecule has 0 aliphatic heterocycles. The van der Waals surface area contributed by atoms with Crippen LogP contribution in [0.2, 0.25) is 5.02 Å². The highest BCUT2D eigenvalue weighted by Crippen LogP contribution is 2.33. The van der Waals surface area contributed by atoms with E-state index in [1.807, 2.05) is 11.4 Å². The van der Waals surface area contributed by atoms with E-state index < -0.39 is 0 Å². The van der Waals surface area contributed by atoms with Gasteiger partial charge in [-0.25, -0.2) is 4.98 Å². The molecule has 0 saturated heterocycles. The van der Waals surface area contributed by atoms with Crippen molar-refractivity contribution in [3.63, 3.8) is 0 Å². The molecule has 2 nitrogen and oxygen atoms in total. The number of hydrogen-bond acceptors (Lipinski definition) is 2. The van der Waals surface area contributed by atoms with E-state index in [0.29, 0.717) is 0 Å². The number of nitrogens with zero attached hydrogens (tertiary/aromatic N) is 1. The highest BCUT2D eigenvalue weighted by molar-refractivity contribution is 7.14. The number of benzene rings is 1. The van der Waals surface area contributed by atoms with Crippen LogP contribution >= 0.6 is 22.9 Å². The predicted octanol–water partition coefficient (Wildman–Crippen LogP) is 4.56. The van der Waals surface area contributed by atoms with Gasteiger partial charge in [-0.2, -0.15) is 0 Å². The third-order valence-electron chi connectivity index (χ3n) is 2.75. The van der Waals surface area contributed by atoms with Crippen molar-refractivity contribution in [1.82, 2.24) is 9.97 Å². The van der Waals surface area contributed by atoms with Gasteiger partial charge in [-0.3, -0.25) is 0 Å². The number of hydrogen-bond donors (Lipinski definition) is 1. The maximum Gasteiger partial charge on any atom is 0.150 e. The fraction of sp³-hybridized carbons (Fsp3) is 0.154. The number of fused-ring (bicyclic) bond motifs is 1. The number of halogens is 1. The van der Waals surface area contributed by atoms with Crippen LogP contribution in [-0.4, -0.2) is 9.97 Å². The van der Waals surface area contributed by atoms with Crippen LogP contribution in [0.15, 0.2) is 23.6 Å². The summed E-state index contributed by atoms with van der Waals surface area (Å²) in [6, 6.07) is 6.15. The quantitative estimate of drug-likeness (QED) is 0.684. The standard InChI is InChI=1S/C13H11ClN2S/c1-7-5-8(2)11-10(6-7)15-13(16-11)12-9(14)3-4-17-12/h3-6H,1-2H3,(H,15,16). The fourth-order valence-corrected chi connectivity index (χ4v) is 3.13. The van der Waals surface area contributed by atoms with E-state index in [0.717, 1.165) is 26.8 Å². The molecule has 2 aromatic heterocycles. The minimum atomic E-state index is 0.753. The van der Waals surface area contributed by atoms with Crippen molar-refractivity contribution in [2.45, 2.75) is 13.8 Å². The molecule has 0 aliphatic rings. The van der Waals surface area contributed by atoms with Crippen molar-refractivity contribution in [1.29, 1.82) is 0 Å². The molecule has 0 fully saturated rings. The van der Waals surface area contributed by atoms with Crippen LogP contribution in [0.5, 0.6) is 0 Å². The van der Waals surface area contributed by atoms with Crippen LogP contribution in [-0.2, 0) is 0 Å². The molecule has 0 radical (unpaired) electrons. The summed E-state index contributed by atoms with van der Waals surface area (Å²) in [5.41, 5.74) is 4.52. The average molecular weight is 263 g/mol. The number of rotatable bonds is 1. The number of imidazole rings is 1. The van der Waals surface area contributed by atoms with Gasteiger partial charge in [0.25, 0.3) is 0 Å². The fourth-order valence-electron chi connectivity index (χ4n) is 2.04. The summed E-state index contributed by atoms with van der Waals surface area (Å²) in [7, 11) is 0. The molecule has 86 valence electrons. The van der Waals surface area contributed by atoms with Gasteiger partial charge in [0, 0.05) is 0 Å². The Labute approximate surface area is 108 Å². The second-order valence-corrected chi connectivity index (χ2v) is 5.48. The molecule has 0 amide bonds. The van der Waals surface area contributed by atoms with Crippen molar-refractivity contribution in [2.24, 2.45) is 0 Å². The molecule has 17 heavy (non-hydrogen) atoms. The molecule has 0 bridgehead atoms. The van der Waals surface area contributed by atoms with E-state index >= 15 is 0 Å². The zero-order valence-corrected chi connectivity index (χ0v) is 11.1. The lowest BCUT2D eigenvalue weighted by atomic mass is 10.1. The zero-order valence-electron chi connectivity index (χ0n) is 9.54. The molecule has 1 aromatic carbocycles. The largest absolute Gasteiger partial charge is 0.337 e. The van der Waals surface area contributed by atoms with Gasteiger partial charge in [0.2, 0.25) is 0 Å². The average Bonchev–Trinajstić information content (AvgIpc) is 2.83. The highest BCUT2D eigenvalue weighted by Gasteiger charge is 2.11. The van der Waals surface area contributed by atoms with Crippen LogP contribution in [0.4, 0.5) is 0 Å². The Morgan fingerprint density at radius 1 is 1.29 bits per heavy atom. The Hall–Kier alpha value is -1.32. The summed E-state index contributed by atoms with van der Waals surface area (Å²) in [5.74, 6) is 0.855. The number of aromatic amines is 1. The first-order valence-electron chi connectivity index (χ1n) is 5.35. The molecule has 0 aliphatic carbocycles. The topological polar surface area (TPSA) is 28.7 Å². The first-order chi connectivity index (χ1) is 8.15. The molecule has 4 heteroatoms. The van der Waals surface area contributed by atoms with E-state index in [4.69, 9.17) is 11.6 Å². The van der Waals surface area contributed by atoms with E-state index in [1.54, 1.807) is 11.3 Å². The summed E-state index contributed by atoms with van der Waals surface area (Å²) in [5, 5.41) is 2.73. The molecule has 0 spiro atoms. The summed E-state index contributed by atoms with van der Waals surface area (Å²) in [6.07, 6.45) is 0. The molecule has 1 N–H and O–H groups in total. The first-order valence-corrected chi connectivity index (χ1v) is 6.61. The van der Waals surface area contributed by atoms with Crippen molar-refractivity contribution in [3.8, 4) is 10.7 Å². The lowest BCUT2D eigenvalue weighted by Gasteiger charge is -1.96. The molecular weight excluding hydrogens is 252 g/mol. The smallest absolute Gasteiger partial charge is 0.150 e. The Kier molecular flexibility index (Phi) is 2.45. The first kappa shape index (κ1) is 10.8. The maximum atomic E-state index is 6.12. The summed E-state index contributed by atoms with van der Waals surface area (Å²) < 4.78 is 0. The minimum Gasteiger partial charge on any atom is -0.337 e. The van der Waals surface area contributed by atoms with Gasteiger partial charge in [0.05, 0.1) is 20.9 Å². The molecule has 3 aromatic rings. The highest BCUT2D eigenvalue weighted by atomic mass is 35.5. The number of aryl methyl sites for hydroxylation is 2. The van der Waals surface area contributed by atoms with Gasteiger partial charge in [0.1, 0.15) is 5.82 Å². The van der Waals surface area contributed by atoms with Crippen LogP contribution in [0.3, 0.4) is 0 Å². The maximum absolute atomic E-state index is 6.12. The third kappa shape index (κ3) is 1.75. The lowest BCUT2D eigenvalue weighted by molar-refractivity contribution is 1.35. The second-order valence-electron chi connectivity index (χ2n) is 4.16. The van der Waals surface area contributed by atoms with Gasteiger partial charge in [0.15, 0.2) is 0 Å². The van der Waals surface area contributed by atoms with Crippen LogP contribution in [0.1, 0.15) is 11.1 Å². The summed E-state index contributed by atoms with van der Waals surface area (Å²) >= 11 is 7.73.